The first kappa shape index (κ1) is 18.8. The first-order chi connectivity index (χ1) is 12.6. The molecule has 1 aromatic heterocycles. The van der Waals surface area contributed by atoms with Crippen LogP contribution in [0.25, 0.3) is 10.9 Å². The number of rotatable bonds is 6. The van der Waals surface area contributed by atoms with E-state index in [0.717, 1.165) is 48.8 Å². The van der Waals surface area contributed by atoms with Gasteiger partial charge in [0.25, 0.3) is 5.56 Å². The molecule has 26 heavy (non-hydrogen) atoms. The van der Waals surface area contributed by atoms with E-state index in [1.165, 1.54) is 5.56 Å². The average molecular weight is 354 g/mol. The molecular weight excluding hydrogens is 324 g/mol. The summed E-state index contributed by atoms with van der Waals surface area (Å²) in [6.07, 6.45) is 4.31. The number of aromatic nitrogens is 1. The Kier molecular flexibility index (Phi) is 5.92. The van der Waals surface area contributed by atoms with Gasteiger partial charge in [0.1, 0.15) is 5.78 Å². The zero-order valence-corrected chi connectivity index (χ0v) is 16.2. The van der Waals surface area contributed by atoms with Crippen molar-refractivity contribution in [2.75, 3.05) is 13.1 Å². The fourth-order valence-electron chi connectivity index (χ4n) is 4.28. The number of nitrogens with zero attached hydrogens (tertiary/aromatic N) is 1. The van der Waals surface area contributed by atoms with E-state index in [0.29, 0.717) is 30.6 Å². The first-order valence-electron chi connectivity index (χ1n) is 9.98. The summed E-state index contributed by atoms with van der Waals surface area (Å²) in [5.41, 5.74) is 3.04. The minimum absolute atomic E-state index is 0.0128. The van der Waals surface area contributed by atoms with Gasteiger partial charge in [-0.05, 0) is 41.5 Å². The van der Waals surface area contributed by atoms with Crippen LogP contribution in [-0.4, -0.2) is 28.8 Å². The summed E-state index contributed by atoms with van der Waals surface area (Å²) in [7, 11) is 0. The smallest absolute Gasteiger partial charge is 0.251 e. The molecule has 4 heteroatoms. The number of aryl methyl sites for hydroxylation is 1. The van der Waals surface area contributed by atoms with Crippen LogP contribution in [0.5, 0.6) is 0 Å². The van der Waals surface area contributed by atoms with Crippen molar-refractivity contribution in [2.24, 2.45) is 5.92 Å². The van der Waals surface area contributed by atoms with E-state index in [1.54, 1.807) is 0 Å². The number of H-pyrrole nitrogens is 1. The number of nitrogens with one attached hydrogen (secondary N) is 1. The van der Waals surface area contributed by atoms with Crippen molar-refractivity contribution in [1.29, 1.82) is 0 Å². The Balaban J connectivity index is 2.03. The van der Waals surface area contributed by atoms with Gasteiger partial charge in [0.05, 0.1) is 0 Å². The molecule has 0 radical (unpaired) electrons. The highest BCUT2D eigenvalue weighted by atomic mass is 16.1. The summed E-state index contributed by atoms with van der Waals surface area (Å²) >= 11 is 0. The van der Waals surface area contributed by atoms with E-state index >= 15 is 0 Å². The highest BCUT2D eigenvalue weighted by Crippen LogP contribution is 2.35. The molecule has 2 aromatic rings. The van der Waals surface area contributed by atoms with Crippen molar-refractivity contribution in [1.82, 2.24) is 9.88 Å². The molecule has 4 nitrogen and oxygen atoms in total. The fourth-order valence-corrected chi connectivity index (χ4v) is 4.28. The molecule has 0 spiro atoms. The lowest BCUT2D eigenvalue weighted by Crippen LogP contribution is -2.40. The van der Waals surface area contributed by atoms with Crippen LogP contribution in [0.3, 0.4) is 0 Å². The molecule has 2 heterocycles. The maximum absolute atomic E-state index is 12.1. The molecule has 1 saturated heterocycles. The molecule has 140 valence electrons. The average Bonchev–Trinajstić information content (AvgIpc) is 2.66. The number of hydrogen-bond acceptors (Lipinski definition) is 3. The Morgan fingerprint density at radius 2 is 1.73 bits per heavy atom. The van der Waals surface area contributed by atoms with E-state index in [4.69, 9.17) is 0 Å². The topological polar surface area (TPSA) is 53.2 Å². The highest BCUT2D eigenvalue weighted by Gasteiger charge is 2.30. The van der Waals surface area contributed by atoms with Crippen LogP contribution < -0.4 is 5.56 Å². The Hall–Kier alpha value is -1.94. The van der Waals surface area contributed by atoms with Gasteiger partial charge < -0.3 is 4.98 Å². The van der Waals surface area contributed by atoms with Crippen LogP contribution in [0.2, 0.25) is 0 Å². The molecule has 1 fully saturated rings. The number of aromatic amines is 1. The van der Waals surface area contributed by atoms with Crippen molar-refractivity contribution in [3.05, 3.63) is 45.7 Å². The lowest BCUT2D eigenvalue weighted by Gasteiger charge is -2.39. The number of carbonyl (C=O) groups excluding carboxylic acids is 1. The number of pyridine rings is 1. The van der Waals surface area contributed by atoms with Gasteiger partial charge in [0.2, 0.25) is 0 Å². The van der Waals surface area contributed by atoms with Crippen molar-refractivity contribution < 1.29 is 4.79 Å². The summed E-state index contributed by atoms with van der Waals surface area (Å²) in [4.78, 5) is 29.3. The van der Waals surface area contributed by atoms with E-state index in [2.05, 4.69) is 35.9 Å². The largest absolute Gasteiger partial charge is 0.322 e. The van der Waals surface area contributed by atoms with Crippen LogP contribution in [0.1, 0.15) is 63.6 Å². The first-order valence-corrected chi connectivity index (χ1v) is 9.98. The molecule has 1 aliphatic rings. The molecule has 3 rings (SSSR count). The van der Waals surface area contributed by atoms with E-state index in [-0.39, 0.29) is 5.56 Å². The summed E-state index contributed by atoms with van der Waals surface area (Å²) < 4.78 is 0. The zero-order valence-electron chi connectivity index (χ0n) is 16.2. The Morgan fingerprint density at radius 1 is 1.04 bits per heavy atom. The molecule has 1 aromatic carbocycles. The van der Waals surface area contributed by atoms with Gasteiger partial charge in [-0.3, -0.25) is 14.5 Å². The zero-order chi connectivity index (χ0) is 18.7. The summed E-state index contributed by atoms with van der Waals surface area (Å²) in [6, 6.07) is 8.80. The van der Waals surface area contributed by atoms with Crippen LogP contribution in [0.4, 0.5) is 0 Å². The second-order valence-corrected chi connectivity index (χ2v) is 7.42. The van der Waals surface area contributed by atoms with Crippen LogP contribution >= 0.6 is 0 Å². The number of ketones is 1. The van der Waals surface area contributed by atoms with Gasteiger partial charge in [0, 0.05) is 43.1 Å². The molecule has 0 aliphatic carbocycles. The molecule has 1 N–H and O–H groups in total. The fraction of sp³-hybridized carbons (Fsp3) is 0.545. The second kappa shape index (κ2) is 8.17. The second-order valence-electron chi connectivity index (χ2n) is 7.42. The van der Waals surface area contributed by atoms with Crippen molar-refractivity contribution in [3.63, 3.8) is 0 Å². The predicted octanol–water partition coefficient (Wildman–Crippen LogP) is 4.23. The number of hydrogen-bond donors (Lipinski definition) is 1. The van der Waals surface area contributed by atoms with Crippen LogP contribution in [0.15, 0.2) is 29.1 Å². The van der Waals surface area contributed by atoms with Gasteiger partial charge in [-0.1, -0.05) is 39.7 Å². The van der Waals surface area contributed by atoms with Gasteiger partial charge in [-0.25, -0.2) is 0 Å². The summed E-state index contributed by atoms with van der Waals surface area (Å²) in [5, 5.41) is 1.10. The standard InChI is InChI=1S/C22H30N2O2/c1-4-15(5-2)21(24-11-9-19(25)10-12-24)17-7-8-20-18(14-17)13-16(6-3)22(26)23-20/h7-8,13-15,21H,4-6,9-12H2,1-3H3,(H,23,26). The molecule has 0 amide bonds. The number of benzene rings is 1. The maximum Gasteiger partial charge on any atom is 0.251 e. The summed E-state index contributed by atoms with van der Waals surface area (Å²) in [5.74, 6) is 0.947. The van der Waals surface area contributed by atoms with Gasteiger partial charge in [0.15, 0.2) is 0 Å². The normalized spacial score (nSPS) is 17.2. The lowest BCUT2D eigenvalue weighted by molar-refractivity contribution is -0.122. The monoisotopic (exact) mass is 354 g/mol. The van der Waals surface area contributed by atoms with Crippen molar-refractivity contribution >= 4 is 16.7 Å². The minimum Gasteiger partial charge on any atom is -0.322 e. The molecule has 1 atom stereocenters. The highest BCUT2D eigenvalue weighted by molar-refractivity contribution is 5.80. The third-order valence-electron chi connectivity index (χ3n) is 5.91. The number of likely N-dealkylation sites (tertiary alicyclic amines) is 1. The number of fused-ring (bicyclic) bond motifs is 1. The Labute approximate surface area is 155 Å². The Bertz CT molecular complexity index is 826. The predicted molar refractivity (Wildman–Crippen MR) is 107 cm³/mol. The number of piperidine rings is 1. The molecular formula is C22H30N2O2. The third kappa shape index (κ3) is 3.75. The molecule has 1 aliphatic heterocycles. The number of carbonyl (C=O) groups is 1. The van der Waals surface area contributed by atoms with Crippen LogP contribution in [0, 0.1) is 5.92 Å². The SMILES string of the molecule is CCc1cc2cc(C(C(CC)CC)N3CCC(=O)CC3)ccc2[nH]c1=O. The molecule has 1 unspecified atom stereocenters. The Morgan fingerprint density at radius 3 is 2.35 bits per heavy atom. The van der Waals surface area contributed by atoms with E-state index < -0.39 is 0 Å². The quantitative estimate of drug-likeness (QED) is 0.844. The van der Waals surface area contributed by atoms with Gasteiger partial charge >= 0.3 is 0 Å². The van der Waals surface area contributed by atoms with Crippen LogP contribution in [-0.2, 0) is 11.2 Å². The minimum atomic E-state index is 0.0128. The molecule has 0 bridgehead atoms. The molecule has 0 saturated carbocycles. The number of Topliss-reactive ketones (excluding diaryl/α,β-unsaturated/α-hetero) is 1. The van der Waals surface area contributed by atoms with E-state index in [1.807, 2.05) is 19.1 Å². The van der Waals surface area contributed by atoms with Gasteiger partial charge in [-0.2, -0.15) is 0 Å². The third-order valence-corrected chi connectivity index (χ3v) is 5.91. The van der Waals surface area contributed by atoms with Crippen molar-refractivity contribution in [2.45, 2.75) is 58.9 Å². The van der Waals surface area contributed by atoms with Gasteiger partial charge in [-0.15, -0.1) is 0 Å². The maximum atomic E-state index is 12.1. The summed E-state index contributed by atoms with van der Waals surface area (Å²) in [6.45, 7) is 8.22. The van der Waals surface area contributed by atoms with Crippen molar-refractivity contribution in [3.8, 4) is 0 Å². The lowest BCUT2D eigenvalue weighted by atomic mass is 9.86. The van der Waals surface area contributed by atoms with E-state index in [9.17, 15) is 9.59 Å².